The van der Waals surface area contributed by atoms with Gasteiger partial charge in [0.05, 0.1) is 16.8 Å². The van der Waals surface area contributed by atoms with Crippen LogP contribution in [-0.4, -0.2) is 21.4 Å². The van der Waals surface area contributed by atoms with Gasteiger partial charge in [-0.1, -0.05) is 0 Å². The van der Waals surface area contributed by atoms with Crippen LogP contribution in [0.3, 0.4) is 0 Å². The smallest absolute Gasteiger partial charge is 0.310 e. The lowest BCUT2D eigenvalue weighted by molar-refractivity contribution is -0.137. The molecule has 0 atom stereocenters. The summed E-state index contributed by atoms with van der Waals surface area (Å²) in [6, 6.07) is 2.41. The molecule has 1 fully saturated rings. The van der Waals surface area contributed by atoms with E-state index in [2.05, 4.69) is 9.97 Å². The van der Waals surface area contributed by atoms with E-state index in [1.165, 1.54) is 0 Å². The van der Waals surface area contributed by atoms with Gasteiger partial charge in [0.1, 0.15) is 11.6 Å². The van der Waals surface area contributed by atoms with E-state index in [0.717, 1.165) is 42.6 Å². The highest BCUT2D eigenvalue weighted by Gasteiger charge is 2.32. The van der Waals surface area contributed by atoms with Gasteiger partial charge in [-0.15, -0.1) is 0 Å². The zero-order valence-corrected chi connectivity index (χ0v) is 13.9. The van der Waals surface area contributed by atoms with Crippen molar-refractivity contribution in [2.75, 3.05) is 6.54 Å². The van der Waals surface area contributed by atoms with E-state index in [4.69, 9.17) is 0 Å². The van der Waals surface area contributed by atoms with Crippen molar-refractivity contribution in [3.05, 3.63) is 62.6 Å². The fourth-order valence-electron chi connectivity index (χ4n) is 3.30. The first kappa shape index (κ1) is 17.2. The van der Waals surface area contributed by atoms with E-state index >= 15 is 0 Å². The van der Waals surface area contributed by atoms with Crippen LogP contribution in [0.5, 0.6) is 0 Å². The number of rotatable bonds is 3. The van der Waals surface area contributed by atoms with Gasteiger partial charge in [0.2, 0.25) is 0 Å². The topological polar surface area (TPSA) is 49.0 Å². The van der Waals surface area contributed by atoms with Crippen molar-refractivity contribution in [1.82, 2.24) is 14.9 Å². The Morgan fingerprint density at radius 1 is 1.27 bits per heavy atom. The van der Waals surface area contributed by atoms with E-state index in [1.54, 1.807) is 4.90 Å². The zero-order valence-electron chi connectivity index (χ0n) is 13.9. The molecule has 26 heavy (non-hydrogen) atoms. The van der Waals surface area contributed by atoms with E-state index in [-0.39, 0.29) is 24.2 Å². The van der Waals surface area contributed by atoms with Crippen LogP contribution in [0.4, 0.5) is 17.6 Å². The molecule has 1 aliphatic carbocycles. The summed E-state index contributed by atoms with van der Waals surface area (Å²) < 4.78 is 52.5. The third kappa shape index (κ3) is 3.38. The number of benzene rings is 1. The molecule has 0 unspecified atom stereocenters. The number of nitrogens with zero attached hydrogens (tertiary/aromatic N) is 2. The third-order valence-electron chi connectivity index (χ3n) is 4.90. The maximum atomic E-state index is 14.0. The van der Waals surface area contributed by atoms with Crippen LogP contribution in [0.1, 0.15) is 47.0 Å². The Hall–Kier alpha value is -2.22. The summed E-state index contributed by atoms with van der Waals surface area (Å²) in [5.41, 5.74) is 0.165. The van der Waals surface area contributed by atoms with Crippen molar-refractivity contribution < 1.29 is 17.6 Å². The van der Waals surface area contributed by atoms with Crippen molar-refractivity contribution in [2.24, 2.45) is 0 Å². The molecule has 0 spiro atoms. The highest BCUT2D eigenvalue weighted by molar-refractivity contribution is 5.28. The van der Waals surface area contributed by atoms with Gasteiger partial charge < -0.3 is 4.98 Å². The van der Waals surface area contributed by atoms with Crippen LogP contribution in [0.2, 0.25) is 0 Å². The second-order valence-electron chi connectivity index (χ2n) is 6.92. The summed E-state index contributed by atoms with van der Waals surface area (Å²) >= 11 is 0. The van der Waals surface area contributed by atoms with Crippen molar-refractivity contribution in [3.8, 4) is 0 Å². The van der Waals surface area contributed by atoms with Gasteiger partial charge in [-0.3, -0.25) is 9.69 Å². The van der Waals surface area contributed by atoms with Crippen LogP contribution in [-0.2, 0) is 25.7 Å². The minimum absolute atomic E-state index is 0.0129. The Balaban J connectivity index is 1.56. The van der Waals surface area contributed by atoms with Gasteiger partial charge >= 0.3 is 6.18 Å². The number of aromatic nitrogens is 2. The lowest BCUT2D eigenvalue weighted by Gasteiger charge is -2.28. The quantitative estimate of drug-likeness (QED) is 0.847. The highest BCUT2D eigenvalue weighted by Crippen LogP contribution is 2.38. The van der Waals surface area contributed by atoms with E-state index in [9.17, 15) is 22.4 Å². The Morgan fingerprint density at radius 2 is 2.04 bits per heavy atom. The van der Waals surface area contributed by atoms with Crippen molar-refractivity contribution >= 4 is 0 Å². The molecule has 0 saturated heterocycles. The molecule has 2 aromatic rings. The van der Waals surface area contributed by atoms with Crippen molar-refractivity contribution in [3.63, 3.8) is 0 Å². The fourth-order valence-corrected chi connectivity index (χ4v) is 3.30. The van der Waals surface area contributed by atoms with Crippen LogP contribution in [0, 0.1) is 5.82 Å². The van der Waals surface area contributed by atoms with Crippen LogP contribution in [0.15, 0.2) is 23.0 Å². The van der Waals surface area contributed by atoms with Gasteiger partial charge in [0, 0.05) is 37.5 Å². The molecule has 1 N–H and O–H groups in total. The maximum Gasteiger partial charge on any atom is 0.416 e. The van der Waals surface area contributed by atoms with Gasteiger partial charge in [-0.2, -0.15) is 13.2 Å². The van der Waals surface area contributed by atoms with Gasteiger partial charge in [-0.05, 0) is 31.0 Å². The van der Waals surface area contributed by atoms with Gasteiger partial charge in [0.15, 0.2) is 0 Å². The van der Waals surface area contributed by atoms with Gasteiger partial charge in [-0.25, -0.2) is 9.37 Å². The third-order valence-corrected chi connectivity index (χ3v) is 4.90. The minimum Gasteiger partial charge on any atom is -0.310 e. The second-order valence-corrected chi connectivity index (χ2v) is 6.92. The minimum atomic E-state index is -4.52. The predicted molar refractivity (Wildman–Crippen MR) is 86.1 cm³/mol. The number of fused-ring (bicyclic) bond motifs is 1. The number of hydrogen-bond acceptors (Lipinski definition) is 3. The molecule has 1 aromatic carbocycles. The van der Waals surface area contributed by atoms with Crippen LogP contribution < -0.4 is 5.56 Å². The lowest BCUT2D eigenvalue weighted by Crippen LogP contribution is -2.36. The average molecular weight is 367 g/mol. The number of alkyl halides is 3. The molecular formula is C18H17F4N3O. The SMILES string of the molecule is O=c1[nH]c(C2CC2)nc2c1CN(Cc1cc(C(F)(F)F)ccc1F)CC2. The molecule has 1 saturated carbocycles. The Morgan fingerprint density at radius 3 is 2.73 bits per heavy atom. The van der Waals surface area contributed by atoms with E-state index < -0.39 is 17.6 Å². The molecule has 138 valence electrons. The fraction of sp³-hybridized carbons (Fsp3) is 0.444. The molecule has 1 aliphatic heterocycles. The molecule has 8 heteroatoms. The lowest BCUT2D eigenvalue weighted by atomic mass is 10.0. The first-order valence-electron chi connectivity index (χ1n) is 8.51. The van der Waals surface area contributed by atoms with E-state index in [1.807, 2.05) is 0 Å². The number of halogens is 4. The molecule has 0 radical (unpaired) electrons. The van der Waals surface area contributed by atoms with Crippen molar-refractivity contribution in [2.45, 2.75) is 44.4 Å². The highest BCUT2D eigenvalue weighted by atomic mass is 19.4. The molecule has 0 amide bonds. The first-order chi connectivity index (χ1) is 12.3. The molecule has 2 heterocycles. The summed E-state index contributed by atoms with van der Waals surface area (Å²) in [5.74, 6) is 0.385. The maximum absolute atomic E-state index is 14.0. The monoisotopic (exact) mass is 367 g/mol. The normalized spacial score (nSPS) is 18.0. The van der Waals surface area contributed by atoms with Gasteiger partial charge in [0.25, 0.3) is 5.56 Å². The Kier molecular flexibility index (Phi) is 4.10. The Bertz CT molecular complexity index is 902. The summed E-state index contributed by atoms with van der Waals surface area (Å²) in [6.07, 6.45) is -1.93. The molecule has 4 nitrogen and oxygen atoms in total. The summed E-state index contributed by atoms with van der Waals surface area (Å²) in [5, 5.41) is 0. The second kappa shape index (κ2) is 6.19. The number of aromatic amines is 1. The molecule has 0 bridgehead atoms. The average Bonchev–Trinajstić information content (AvgIpc) is 3.41. The molecule has 1 aromatic heterocycles. The number of nitrogens with one attached hydrogen (secondary N) is 1. The van der Waals surface area contributed by atoms with E-state index in [0.29, 0.717) is 24.4 Å². The number of hydrogen-bond donors (Lipinski definition) is 1. The molecular weight excluding hydrogens is 350 g/mol. The molecule has 2 aliphatic rings. The Labute approximate surface area is 146 Å². The van der Waals surface area contributed by atoms with Crippen molar-refractivity contribution in [1.29, 1.82) is 0 Å². The van der Waals surface area contributed by atoms with Crippen LogP contribution >= 0.6 is 0 Å². The standard InChI is InChI=1S/C18H17F4N3O/c19-14-4-3-12(18(20,21)22)7-11(14)8-25-6-5-15-13(9-25)17(26)24-16(23-15)10-1-2-10/h3-4,7,10H,1-2,5-6,8-9H2,(H,23,24,26). The molecule has 4 rings (SSSR count). The zero-order chi connectivity index (χ0) is 18.5. The number of H-pyrrole nitrogens is 1. The predicted octanol–water partition coefficient (Wildman–Crippen LogP) is 3.36. The summed E-state index contributed by atoms with van der Waals surface area (Å²) in [4.78, 5) is 21.4. The summed E-state index contributed by atoms with van der Waals surface area (Å²) in [7, 11) is 0. The first-order valence-corrected chi connectivity index (χ1v) is 8.51. The summed E-state index contributed by atoms with van der Waals surface area (Å²) in [6.45, 7) is 0.778. The van der Waals surface area contributed by atoms with Crippen LogP contribution in [0.25, 0.3) is 0 Å². The largest absolute Gasteiger partial charge is 0.416 e.